The number of nitrogens with one attached hydrogen (secondary N) is 5. The number of H-pyrrole nitrogens is 1. The lowest BCUT2D eigenvalue weighted by molar-refractivity contribution is -0.114. The lowest BCUT2D eigenvalue weighted by Crippen LogP contribution is -2.19. The quantitative estimate of drug-likeness (QED) is 0.357. The van der Waals surface area contributed by atoms with Crippen LogP contribution in [0.2, 0.25) is 0 Å². The Hall–Kier alpha value is -4.34. The molecule has 4 rings (SSSR count). The first-order chi connectivity index (χ1) is 16.0. The van der Waals surface area contributed by atoms with Gasteiger partial charge in [0.05, 0.1) is 16.9 Å². The van der Waals surface area contributed by atoms with Gasteiger partial charge in [-0.05, 0) is 30.7 Å². The highest BCUT2D eigenvalue weighted by atomic mass is 16.5. The highest BCUT2D eigenvalue weighted by Gasteiger charge is 2.25. The fourth-order valence-corrected chi connectivity index (χ4v) is 3.51. The summed E-state index contributed by atoms with van der Waals surface area (Å²) < 4.78 is 5.27. The lowest BCUT2D eigenvalue weighted by Gasteiger charge is -2.12. The number of fused-ring (bicyclic) bond motifs is 1. The molecule has 176 valence electrons. The molecule has 0 spiro atoms. The predicted octanol–water partition coefficient (Wildman–Crippen LogP) is 4.70. The smallest absolute Gasteiger partial charge is 0.324 e. The molecule has 0 saturated carbocycles. The third-order valence-electron chi connectivity index (χ3n) is 5.33. The van der Waals surface area contributed by atoms with Crippen molar-refractivity contribution in [3.05, 3.63) is 53.0 Å². The van der Waals surface area contributed by atoms with Crippen molar-refractivity contribution in [1.29, 1.82) is 0 Å². The minimum absolute atomic E-state index is 0.174. The van der Waals surface area contributed by atoms with E-state index in [1.807, 2.05) is 27.7 Å². The first kappa shape index (κ1) is 22.8. The van der Waals surface area contributed by atoms with E-state index in [1.54, 1.807) is 36.5 Å². The zero-order chi connectivity index (χ0) is 24.6. The van der Waals surface area contributed by atoms with Gasteiger partial charge in [-0.2, -0.15) is 0 Å². The number of hydrogen-bond donors (Lipinski definition) is 5. The van der Waals surface area contributed by atoms with Crippen LogP contribution in [0.4, 0.5) is 27.7 Å². The Kier molecular flexibility index (Phi) is 5.74. The monoisotopic (exact) mass is 462 g/mol. The minimum Gasteiger partial charge on any atom is -0.360 e. The molecule has 0 fully saturated rings. The highest BCUT2D eigenvalue weighted by Crippen LogP contribution is 2.36. The third kappa shape index (κ3) is 4.70. The number of anilines is 4. The van der Waals surface area contributed by atoms with Crippen LogP contribution in [0.25, 0.3) is 11.6 Å². The second kappa shape index (κ2) is 8.54. The maximum Gasteiger partial charge on any atom is 0.324 e. The Morgan fingerprint density at radius 1 is 1.12 bits per heavy atom. The van der Waals surface area contributed by atoms with Crippen molar-refractivity contribution in [2.24, 2.45) is 0 Å². The van der Waals surface area contributed by atoms with Gasteiger partial charge in [0.1, 0.15) is 5.76 Å². The molecule has 10 heteroatoms. The fraction of sp³-hybridized carbons (Fsp3) is 0.250. The van der Waals surface area contributed by atoms with Gasteiger partial charge < -0.3 is 25.5 Å². The van der Waals surface area contributed by atoms with Gasteiger partial charge in [0.15, 0.2) is 5.82 Å². The molecule has 34 heavy (non-hydrogen) atoms. The van der Waals surface area contributed by atoms with Gasteiger partial charge >= 0.3 is 6.03 Å². The Morgan fingerprint density at radius 2 is 1.88 bits per heavy atom. The van der Waals surface area contributed by atoms with E-state index in [2.05, 4.69) is 31.4 Å². The number of rotatable bonds is 4. The van der Waals surface area contributed by atoms with Gasteiger partial charge in [0.25, 0.3) is 5.91 Å². The minimum atomic E-state index is -0.485. The number of hydrogen-bond acceptors (Lipinski definition) is 5. The van der Waals surface area contributed by atoms with Gasteiger partial charge in [-0.25, -0.2) is 4.79 Å². The van der Waals surface area contributed by atoms with Gasteiger partial charge in [-0.1, -0.05) is 32.0 Å². The number of benzene rings is 1. The third-order valence-corrected chi connectivity index (χ3v) is 5.33. The number of carbonyl (C=O) groups is 3. The van der Waals surface area contributed by atoms with Gasteiger partial charge in [-0.15, -0.1) is 0 Å². The molecule has 0 aliphatic carbocycles. The molecule has 1 aliphatic heterocycles. The molecular formula is C24H26N6O4. The second-order valence-electron chi connectivity index (χ2n) is 9.10. The molecule has 3 aromatic rings. The van der Waals surface area contributed by atoms with Crippen molar-refractivity contribution in [3.63, 3.8) is 0 Å². The molecule has 0 unspecified atom stereocenters. The van der Waals surface area contributed by atoms with Crippen molar-refractivity contribution >= 4 is 52.4 Å². The number of amides is 4. The fourth-order valence-electron chi connectivity index (χ4n) is 3.51. The van der Waals surface area contributed by atoms with Crippen molar-refractivity contribution in [3.8, 4) is 0 Å². The maximum absolute atomic E-state index is 12.6. The summed E-state index contributed by atoms with van der Waals surface area (Å²) in [5.74, 6) is 0.530. The summed E-state index contributed by atoms with van der Waals surface area (Å²) >= 11 is 0. The Labute approximate surface area is 196 Å². The molecule has 1 aliphatic rings. The average Bonchev–Trinajstić information content (AvgIpc) is 3.41. The molecule has 0 saturated heterocycles. The molecule has 0 bridgehead atoms. The van der Waals surface area contributed by atoms with Crippen LogP contribution >= 0.6 is 0 Å². The summed E-state index contributed by atoms with van der Waals surface area (Å²) in [6.45, 7) is 9.24. The number of nitrogens with zero attached hydrogens (tertiary/aromatic N) is 1. The molecule has 0 radical (unpaired) electrons. The number of urea groups is 1. The van der Waals surface area contributed by atoms with Crippen molar-refractivity contribution in [2.45, 2.75) is 40.0 Å². The van der Waals surface area contributed by atoms with Crippen LogP contribution in [-0.4, -0.2) is 28.0 Å². The highest BCUT2D eigenvalue weighted by molar-refractivity contribution is 6.35. The predicted molar refractivity (Wildman–Crippen MR) is 131 cm³/mol. The molecular weight excluding hydrogens is 436 g/mol. The zero-order valence-electron chi connectivity index (χ0n) is 19.5. The first-order valence-electron chi connectivity index (χ1n) is 10.7. The molecule has 2 aromatic heterocycles. The van der Waals surface area contributed by atoms with E-state index in [-0.39, 0.29) is 17.2 Å². The Balaban J connectivity index is 1.49. The van der Waals surface area contributed by atoms with Crippen LogP contribution in [0.15, 0.2) is 35.0 Å². The largest absolute Gasteiger partial charge is 0.360 e. The molecule has 10 nitrogen and oxygen atoms in total. The summed E-state index contributed by atoms with van der Waals surface area (Å²) in [4.78, 5) is 39.4. The lowest BCUT2D eigenvalue weighted by atomic mass is 9.93. The second-order valence-corrected chi connectivity index (χ2v) is 9.10. The average molecular weight is 463 g/mol. The van der Waals surface area contributed by atoms with Crippen LogP contribution < -0.4 is 21.3 Å². The summed E-state index contributed by atoms with van der Waals surface area (Å²) in [6.07, 6.45) is 3.42. The van der Waals surface area contributed by atoms with Crippen molar-refractivity contribution in [2.75, 3.05) is 21.3 Å². The van der Waals surface area contributed by atoms with Gasteiger partial charge in [0.2, 0.25) is 5.91 Å². The van der Waals surface area contributed by atoms with E-state index >= 15 is 0 Å². The number of carbonyl (C=O) groups excluding carboxylic acids is 3. The first-order valence-corrected chi connectivity index (χ1v) is 10.7. The molecule has 0 atom stereocenters. The van der Waals surface area contributed by atoms with Crippen molar-refractivity contribution < 1.29 is 18.9 Å². The molecule has 5 N–H and O–H groups in total. The normalized spacial score (nSPS) is 14.0. The molecule has 1 aromatic carbocycles. The summed E-state index contributed by atoms with van der Waals surface area (Å²) in [5.41, 5.74) is 4.23. The molecule has 3 heterocycles. The van der Waals surface area contributed by atoms with E-state index in [9.17, 15) is 14.4 Å². The van der Waals surface area contributed by atoms with Crippen molar-refractivity contribution in [1.82, 2.24) is 10.1 Å². The Bertz CT molecular complexity index is 1330. The van der Waals surface area contributed by atoms with E-state index in [0.717, 1.165) is 5.56 Å². The van der Waals surface area contributed by atoms with Gasteiger partial charge in [0, 0.05) is 41.5 Å². The van der Waals surface area contributed by atoms with Crippen LogP contribution in [0.3, 0.4) is 0 Å². The Morgan fingerprint density at radius 3 is 2.56 bits per heavy atom. The number of aromatic nitrogens is 2. The zero-order valence-corrected chi connectivity index (χ0v) is 19.5. The van der Waals surface area contributed by atoms with E-state index in [1.165, 1.54) is 6.92 Å². The summed E-state index contributed by atoms with van der Waals surface area (Å²) in [5, 5.41) is 14.8. The van der Waals surface area contributed by atoms with E-state index in [4.69, 9.17) is 4.52 Å². The van der Waals surface area contributed by atoms with E-state index in [0.29, 0.717) is 45.5 Å². The molecule has 4 amide bonds. The van der Waals surface area contributed by atoms with E-state index < -0.39 is 6.03 Å². The number of aromatic amines is 1. The summed E-state index contributed by atoms with van der Waals surface area (Å²) in [7, 11) is 0. The maximum atomic E-state index is 12.6. The van der Waals surface area contributed by atoms with Gasteiger partial charge in [-0.3, -0.25) is 14.9 Å². The standard InChI is InChI=1S/C24H26N6O4/c1-12-17(25-11-19(12)26-13(2)31)9-16-15-7-6-14(8-18(15)28-22(16)32)27-23(33)29-21-10-20(34-30-21)24(3,4)5/h6-11,25H,1-5H3,(H,26,31)(H,28,32)(H2,27,29,30,33). The van der Waals surface area contributed by atoms with Crippen LogP contribution in [0.1, 0.15) is 50.3 Å². The van der Waals surface area contributed by atoms with Crippen LogP contribution in [-0.2, 0) is 15.0 Å². The topological polar surface area (TPSA) is 141 Å². The summed E-state index contributed by atoms with van der Waals surface area (Å²) in [6, 6.07) is 6.35. The van der Waals surface area contributed by atoms with Crippen LogP contribution in [0, 0.1) is 6.92 Å². The van der Waals surface area contributed by atoms with Crippen LogP contribution in [0.5, 0.6) is 0 Å². The SMILES string of the molecule is CC(=O)Nc1c[nH]c(C=C2C(=O)Nc3cc(NC(=O)Nc4cc(C(C)(C)C)on4)ccc32)c1C.